The minimum absolute atomic E-state index is 0.879. The van der Waals surface area contributed by atoms with Crippen molar-refractivity contribution < 1.29 is 4.42 Å². The van der Waals surface area contributed by atoms with Crippen LogP contribution in [0.2, 0.25) is 0 Å². The molecule has 0 N–H and O–H groups in total. The molecule has 0 aliphatic carbocycles. The van der Waals surface area contributed by atoms with Crippen molar-refractivity contribution in [1.29, 1.82) is 0 Å². The molecule has 0 amide bonds. The van der Waals surface area contributed by atoms with E-state index in [2.05, 4.69) is 20.9 Å². The van der Waals surface area contributed by atoms with Gasteiger partial charge < -0.3 is 4.42 Å². The summed E-state index contributed by atoms with van der Waals surface area (Å²) in [6.07, 6.45) is 3.36. The molecule has 2 aromatic rings. The third-order valence-corrected chi connectivity index (χ3v) is 3.05. The number of rotatable bonds is 1. The lowest BCUT2D eigenvalue weighted by Gasteiger charge is -1.87. The number of nitrogens with zero attached hydrogens (tertiary/aromatic N) is 1. The summed E-state index contributed by atoms with van der Waals surface area (Å²) in [7, 11) is 0. The highest BCUT2D eigenvalue weighted by Crippen LogP contribution is 2.31. The van der Waals surface area contributed by atoms with E-state index in [4.69, 9.17) is 4.42 Å². The second-order valence-electron chi connectivity index (χ2n) is 1.98. The van der Waals surface area contributed by atoms with Gasteiger partial charge in [0.05, 0.1) is 22.9 Å². The third kappa shape index (κ3) is 1.23. The first-order chi connectivity index (χ1) is 5.38. The first-order valence-electron chi connectivity index (χ1n) is 2.99. The molecule has 0 atom stereocenters. The summed E-state index contributed by atoms with van der Waals surface area (Å²) < 4.78 is 5.83. The Morgan fingerprint density at radius 3 is 3.00 bits per heavy atom. The normalized spacial score (nSPS) is 10.3. The highest BCUT2D eigenvalue weighted by Gasteiger charge is 2.05. The molecule has 0 fully saturated rings. The van der Waals surface area contributed by atoms with E-state index in [0.717, 1.165) is 15.0 Å². The molecule has 0 aliphatic rings. The second-order valence-corrected chi connectivity index (χ2v) is 3.59. The molecule has 0 aromatic carbocycles. The molecular weight excluding hydrogens is 226 g/mol. The predicted molar refractivity (Wildman–Crippen MR) is 47.5 cm³/mol. The fourth-order valence-electron chi connectivity index (χ4n) is 0.813. The topological polar surface area (TPSA) is 26.0 Å². The Labute approximate surface area is 76.0 Å². The fraction of sp³-hybridized carbons (Fsp3) is 0. The molecule has 4 heteroatoms. The fourth-order valence-corrected chi connectivity index (χ4v) is 2.23. The van der Waals surface area contributed by atoms with Crippen LogP contribution in [0.1, 0.15) is 0 Å². The van der Waals surface area contributed by atoms with Crippen molar-refractivity contribution in [2.45, 2.75) is 0 Å². The minimum Gasteiger partial charge on any atom is -0.472 e. The van der Waals surface area contributed by atoms with Crippen molar-refractivity contribution >= 4 is 27.3 Å². The van der Waals surface area contributed by atoms with Gasteiger partial charge in [-0.05, 0) is 22.0 Å². The Morgan fingerprint density at radius 1 is 1.55 bits per heavy atom. The van der Waals surface area contributed by atoms with E-state index in [9.17, 15) is 0 Å². The van der Waals surface area contributed by atoms with E-state index >= 15 is 0 Å². The smallest absolute Gasteiger partial charge is 0.124 e. The van der Waals surface area contributed by atoms with Gasteiger partial charge in [0.2, 0.25) is 0 Å². The third-order valence-electron chi connectivity index (χ3n) is 1.31. The number of thiazole rings is 1. The van der Waals surface area contributed by atoms with Gasteiger partial charge in [-0.25, -0.2) is 4.98 Å². The standard InChI is InChI=1S/C7H4BrNOS/c8-7-6(11-4-9-7)5-1-2-10-3-5/h1-4H. The van der Waals surface area contributed by atoms with Gasteiger partial charge in [-0.1, -0.05) is 0 Å². The Kier molecular flexibility index (Phi) is 1.79. The molecule has 0 spiro atoms. The minimum atomic E-state index is 0.879. The molecule has 0 aliphatic heterocycles. The average Bonchev–Trinajstić information content (AvgIpc) is 2.55. The van der Waals surface area contributed by atoms with E-state index in [1.807, 2.05) is 6.07 Å². The van der Waals surface area contributed by atoms with Crippen LogP contribution in [0.4, 0.5) is 0 Å². The number of aromatic nitrogens is 1. The van der Waals surface area contributed by atoms with E-state index in [-0.39, 0.29) is 0 Å². The SMILES string of the molecule is Brc1ncsc1-c1ccoc1. The Morgan fingerprint density at radius 2 is 2.45 bits per heavy atom. The first-order valence-corrected chi connectivity index (χ1v) is 4.67. The number of furan rings is 1. The summed E-state index contributed by atoms with van der Waals surface area (Å²) in [6, 6.07) is 1.91. The quantitative estimate of drug-likeness (QED) is 0.751. The summed E-state index contributed by atoms with van der Waals surface area (Å²) in [5.41, 5.74) is 2.87. The van der Waals surface area contributed by atoms with Crippen LogP contribution in [-0.4, -0.2) is 4.98 Å². The van der Waals surface area contributed by atoms with Crippen LogP contribution in [0.25, 0.3) is 10.4 Å². The maximum atomic E-state index is 4.95. The maximum Gasteiger partial charge on any atom is 0.124 e. The van der Waals surface area contributed by atoms with Crippen LogP contribution < -0.4 is 0 Å². The van der Waals surface area contributed by atoms with Crippen molar-refractivity contribution in [2.75, 3.05) is 0 Å². The van der Waals surface area contributed by atoms with Crippen molar-refractivity contribution in [2.24, 2.45) is 0 Å². The van der Waals surface area contributed by atoms with Crippen molar-refractivity contribution in [3.05, 3.63) is 28.7 Å². The summed E-state index contributed by atoms with van der Waals surface area (Å²) >= 11 is 4.93. The van der Waals surface area contributed by atoms with Gasteiger partial charge in [-0.2, -0.15) is 0 Å². The Bertz CT molecular complexity index is 341. The maximum absolute atomic E-state index is 4.95. The van der Waals surface area contributed by atoms with Crippen LogP contribution in [0.5, 0.6) is 0 Å². The van der Waals surface area contributed by atoms with Crippen molar-refractivity contribution in [3.63, 3.8) is 0 Å². The van der Waals surface area contributed by atoms with Gasteiger partial charge in [0.25, 0.3) is 0 Å². The predicted octanol–water partition coefficient (Wildman–Crippen LogP) is 3.17. The molecule has 0 unspecified atom stereocenters. The lowest BCUT2D eigenvalue weighted by molar-refractivity contribution is 0.568. The Hall–Kier alpha value is -0.610. The first kappa shape index (κ1) is 7.06. The van der Waals surface area contributed by atoms with Crippen molar-refractivity contribution in [3.8, 4) is 10.4 Å². The van der Waals surface area contributed by atoms with E-state index in [0.29, 0.717) is 0 Å². The number of hydrogen-bond acceptors (Lipinski definition) is 3. The molecule has 0 saturated heterocycles. The van der Waals surface area contributed by atoms with E-state index in [1.165, 1.54) is 0 Å². The van der Waals surface area contributed by atoms with Gasteiger partial charge in [-0.15, -0.1) is 11.3 Å². The summed E-state index contributed by atoms with van der Waals surface area (Å²) in [5, 5.41) is 0. The number of halogens is 1. The highest BCUT2D eigenvalue weighted by atomic mass is 79.9. The lowest BCUT2D eigenvalue weighted by Crippen LogP contribution is -1.66. The zero-order valence-electron chi connectivity index (χ0n) is 5.45. The summed E-state index contributed by atoms with van der Waals surface area (Å²) in [6.45, 7) is 0. The monoisotopic (exact) mass is 229 g/mol. The van der Waals surface area contributed by atoms with E-state index in [1.54, 1.807) is 29.4 Å². The second kappa shape index (κ2) is 2.79. The zero-order chi connectivity index (χ0) is 7.68. The molecule has 11 heavy (non-hydrogen) atoms. The number of hydrogen-bond donors (Lipinski definition) is 0. The molecule has 2 aromatic heterocycles. The molecule has 2 heterocycles. The largest absolute Gasteiger partial charge is 0.472 e. The molecule has 0 saturated carbocycles. The highest BCUT2D eigenvalue weighted by molar-refractivity contribution is 9.10. The molecule has 0 bridgehead atoms. The molecule has 2 nitrogen and oxygen atoms in total. The van der Waals surface area contributed by atoms with Crippen LogP contribution in [-0.2, 0) is 0 Å². The van der Waals surface area contributed by atoms with Crippen LogP contribution in [0.15, 0.2) is 33.1 Å². The Balaban J connectivity index is 2.53. The molecular formula is C7H4BrNOS. The van der Waals surface area contributed by atoms with Gasteiger partial charge in [0, 0.05) is 5.56 Å². The van der Waals surface area contributed by atoms with Crippen LogP contribution in [0.3, 0.4) is 0 Å². The van der Waals surface area contributed by atoms with Crippen molar-refractivity contribution in [1.82, 2.24) is 4.98 Å². The van der Waals surface area contributed by atoms with Crippen LogP contribution in [0, 0.1) is 0 Å². The zero-order valence-corrected chi connectivity index (χ0v) is 7.85. The molecule has 0 radical (unpaired) electrons. The average molecular weight is 230 g/mol. The molecule has 2 rings (SSSR count). The molecule has 56 valence electrons. The summed E-state index contributed by atoms with van der Waals surface area (Å²) in [5.74, 6) is 0. The van der Waals surface area contributed by atoms with Gasteiger partial charge in [0.1, 0.15) is 4.60 Å². The van der Waals surface area contributed by atoms with Crippen LogP contribution >= 0.6 is 27.3 Å². The lowest BCUT2D eigenvalue weighted by atomic mass is 10.3. The van der Waals surface area contributed by atoms with Gasteiger partial charge in [0.15, 0.2) is 0 Å². The van der Waals surface area contributed by atoms with E-state index < -0.39 is 0 Å². The van der Waals surface area contributed by atoms with Gasteiger partial charge >= 0.3 is 0 Å². The van der Waals surface area contributed by atoms with Gasteiger partial charge in [-0.3, -0.25) is 0 Å². The summed E-state index contributed by atoms with van der Waals surface area (Å²) in [4.78, 5) is 5.18.